The number of H-pyrrole nitrogens is 1. The summed E-state index contributed by atoms with van der Waals surface area (Å²) in [4.78, 5) is 12.5. The van der Waals surface area contributed by atoms with Gasteiger partial charge in [-0.15, -0.1) is 0 Å². The number of carbonyl (C=O) groups excluding carboxylic acids is 1. The number of benzene rings is 2. The summed E-state index contributed by atoms with van der Waals surface area (Å²) < 4.78 is 26.6. The van der Waals surface area contributed by atoms with E-state index in [1.165, 1.54) is 24.3 Å². The lowest BCUT2D eigenvalue weighted by atomic mass is 10.1. The molecular formula is C20H19F2N3O. The van der Waals surface area contributed by atoms with Gasteiger partial charge < -0.3 is 5.32 Å². The Hall–Kier alpha value is -3.02. The van der Waals surface area contributed by atoms with Crippen LogP contribution in [0.15, 0.2) is 48.5 Å². The fourth-order valence-corrected chi connectivity index (χ4v) is 2.76. The maximum Gasteiger partial charge on any atom is 0.228 e. The molecule has 0 radical (unpaired) electrons. The summed E-state index contributed by atoms with van der Waals surface area (Å²) in [5.74, 6) is -0.957. The average molecular weight is 355 g/mol. The molecule has 4 nitrogen and oxygen atoms in total. The van der Waals surface area contributed by atoms with Crippen LogP contribution in [-0.2, 0) is 17.6 Å². The number of anilines is 1. The third-order valence-corrected chi connectivity index (χ3v) is 3.98. The number of rotatable bonds is 6. The lowest BCUT2D eigenvalue weighted by Gasteiger charge is -2.09. The monoisotopic (exact) mass is 355 g/mol. The molecule has 0 unspecified atom stereocenters. The van der Waals surface area contributed by atoms with Crippen LogP contribution in [0.2, 0.25) is 0 Å². The lowest BCUT2D eigenvalue weighted by Crippen LogP contribution is -2.15. The molecule has 0 fully saturated rings. The number of nitrogens with zero attached hydrogens (tertiary/aromatic N) is 1. The van der Waals surface area contributed by atoms with Gasteiger partial charge in [0.05, 0.1) is 17.8 Å². The molecule has 3 aromatic rings. The summed E-state index contributed by atoms with van der Waals surface area (Å²) >= 11 is 0. The van der Waals surface area contributed by atoms with Gasteiger partial charge in [0, 0.05) is 5.56 Å². The molecule has 1 aromatic heterocycles. The summed E-state index contributed by atoms with van der Waals surface area (Å²) in [6.07, 6.45) is 1.68. The van der Waals surface area contributed by atoms with Crippen molar-refractivity contribution < 1.29 is 13.6 Å². The maximum atomic E-state index is 13.6. The van der Waals surface area contributed by atoms with Crippen LogP contribution in [0, 0.1) is 11.6 Å². The number of hydrogen-bond donors (Lipinski definition) is 2. The Bertz CT molecular complexity index is 904. The normalized spacial score (nSPS) is 10.7. The zero-order chi connectivity index (χ0) is 18.5. The molecule has 0 aliphatic rings. The van der Waals surface area contributed by atoms with E-state index in [0.717, 1.165) is 12.1 Å². The highest BCUT2D eigenvalue weighted by atomic mass is 19.1. The fourth-order valence-electron chi connectivity index (χ4n) is 2.76. The zero-order valence-electron chi connectivity index (χ0n) is 14.4. The van der Waals surface area contributed by atoms with E-state index in [9.17, 15) is 13.6 Å². The van der Waals surface area contributed by atoms with Gasteiger partial charge in [0.1, 0.15) is 17.3 Å². The van der Waals surface area contributed by atoms with Crippen molar-refractivity contribution in [2.24, 2.45) is 0 Å². The topological polar surface area (TPSA) is 57.8 Å². The fraction of sp³-hybridized carbons (Fsp3) is 0.200. The summed E-state index contributed by atoms with van der Waals surface area (Å²) in [5.41, 5.74) is 3.14. The Morgan fingerprint density at radius 2 is 1.88 bits per heavy atom. The maximum absolute atomic E-state index is 13.6. The van der Waals surface area contributed by atoms with Crippen LogP contribution in [0.3, 0.4) is 0 Å². The van der Waals surface area contributed by atoms with Gasteiger partial charge in [-0.25, -0.2) is 8.78 Å². The molecule has 2 N–H and O–H groups in total. The SMILES string of the molecule is CCCc1[nH]nc(-c2cccc(F)c2)c1NC(=O)Cc1ccc(F)cc1. The van der Waals surface area contributed by atoms with E-state index >= 15 is 0 Å². The number of carbonyl (C=O) groups is 1. The Kier molecular flexibility index (Phi) is 5.41. The molecule has 6 heteroatoms. The number of halogens is 2. The quantitative estimate of drug-likeness (QED) is 0.684. The molecule has 26 heavy (non-hydrogen) atoms. The average Bonchev–Trinajstić information content (AvgIpc) is 3.00. The second kappa shape index (κ2) is 7.91. The van der Waals surface area contributed by atoms with Crippen LogP contribution in [0.25, 0.3) is 11.3 Å². The van der Waals surface area contributed by atoms with E-state index in [-0.39, 0.29) is 24.0 Å². The largest absolute Gasteiger partial charge is 0.322 e. The highest BCUT2D eigenvalue weighted by molar-refractivity contribution is 5.96. The van der Waals surface area contributed by atoms with Crippen LogP contribution in [0.4, 0.5) is 14.5 Å². The smallest absolute Gasteiger partial charge is 0.228 e. The molecule has 0 atom stereocenters. The lowest BCUT2D eigenvalue weighted by molar-refractivity contribution is -0.115. The van der Waals surface area contributed by atoms with Crippen molar-refractivity contribution in [3.05, 3.63) is 71.4 Å². The van der Waals surface area contributed by atoms with Gasteiger partial charge in [-0.05, 0) is 36.2 Å². The molecule has 0 aliphatic heterocycles. The second-order valence-corrected chi connectivity index (χ2v) is 6.04. The van der Waals surface area contributed by atoms with Crippen molar-refractivity contribution in [1.29, 1.82) is 0 Å². The summed E-state index contributed by atoms with van der Waals surface area (Å²) in [6.45, 7) is 2.02. The Labute approximate surface area is 150 Å². The Balaban J connectivity index is 1.86. The van der Waals surface area contributed by atoms with Crippen LogP contribution < -0.4 is 5.32 Å². The first-order valence-corrected chi connectivity index (χ1v) is 8.44. The predicted molar refractivity (Wildman–Crippen MR) is 96.7 cm³/mol. The van der Waals surface area contributed by atoms with Gasteiger partial charge in [0.2, 0.25) is 5.91 Å². The number of aromatic amines is 1. The molecule has 0 saturated carbocycles. The number of aromatic nitrogens is 2. The summed E-state index contributed by atoms with van der Waals surface area (Å²) in [5, 5.41) is 10.1. The number of hydrogen-bond acceptors (Lipinski definition) is 2. The van der Waals surface area contributed by atoms with E-state index in [0.29, 0.717) is 28.9 Å². The third kappa shape index (κ3) is 4.14. The van der Waals surface area contributed by atoms with Crippen LogP contribution >= 0.6 is 0 Å². The number of amides is 1. The highest BCUT2D eigenvalue weighted by Gasteiger charge is 2.17. The third-order valence-electron chi connectivity index (χ3n) is 3.98. The molecule has 1 heterocycles. The first kappa shape index (κ1) is 17.8. The zero-order valence-corrected chi connectivity index (χ0v) is 14.4. The molecule has 0 spiro atoms. The van der Waals surface area contributed by atoms with Crippen molar-refractivity contribution in [1.82, 2.24) is 10.2 Å². The molecule has 0 aliphatic carbocycles. The molecule has 3 rings (SSSR count). The molecular weight excluding hydrogens is 336 g/mol. The first-order valence-electron chi connectivity index (χ1n) is 8.44. The Morgan fingerprint density at radius 1 is 1.12 bits per heavy atom. The minimum absolute atomic E-state index is 0.111. The minimum Gasteiger partial charge on any atom is -0.322 e. The van der Waals surface area contributed by atoms with Gasteiger partial charge in [0.25, 0.3) is 0 Å². The van der Waals surface area contributed by atoms with E-state index in [4.69, 9.17) is 0 Å². The molecule has 1 amide bonds. The Morgan fingerprint density at radius 3 is 2.58 bits per heavy atom. The van der Waals surface area contributed by atoms with Crippen LogP contribution in [-0.4, -0.2) is 16.1 Å². The van der Waals surface area contributed by atoms with Gasteiger partial charge in [-0.2, -0.15) is 5.10 Å². The van der Waals surface area contributed by atoms with Gasteiger partial charge in [0.15, 0.2) is 0 Å². The molecule has 0 saturated heterocycles. The predicted octanol–water partition coefficient (Wildman–Crippen LogP) is 4.49. The van der Waals surface area contributed by atoms with Crippen molar-refractivity contribution >= 4 is 11.6 Å². The number of nitrogens with one attached hydrogen (secondary N) is 2. The van der Waals surface area contributed by atoms with Gasteiger partial charge in [-0.1, -0.05) is 37.6 Å². The minimum atomic E-state index is -0.369. The molecule has 134 valence electrons. The van der Waals surface area contributed by atoms with Crippen molar-refractivity contribution in [2.45, 2.75) is 26.2 Å². The van der Waals surface area contributed by atoms with E-state index in [1.807, 2.05) is 6.92 Å². The summed E-state index contributed by atoms with van der Waals surface area (Å²) in [7, 11) is 0. The standard InChI is InChI=1S/C20H19F2N3O/c1-2-4-17-20(19(25-24-17)14-5-3-6-16(22)12-14)23-18(26)11-13-7-9-15(21)10-8-13/h3,5-10,12H,2,4,11H2,1H3,(H,23,26)(H,24,25). The van der Waals surface area contributed by atoms with Gasteiger partial charge in [-0.3, -0.25) is 9.89 Å². The van der Waals surface area contributed by atoms with Crippen LogP contribution in [0.1, 0.15) is 24.6 Å². The van der Waals surface area contributed by atoms with E-state index in [2.05, 4.69) is 15.5 Å². The van der Waals surface area contributed by atoms with Crippen molar-refractivity contribution in [3.8, 4) is 11.3 Å². The second-order valence-electron chi connectivity index (χ2n) is 6.04. The van der Waals surface area contributed by atoms with Crippen molar-refractivity contribution in [2.75, 3.05) is 5.32 Å². The van der Waals surface area contributed by atoms with Crippen molar-refractivity contribution in [3.63, 3.8) is 0 Å². The van der Waals surface area contributed by atoms with E-state index in [1.54, 1.807) is 24.3 Å². The molecule has 0 bridgehead atoms. The van der Waals surface area contributed by atoms with Crippen LogP contribution in [0.5, 0.6) is 0 Å². The van der Waals surface area contributed by atoms with E-state index < -0.39 is 0 Å². The first-order chi connectivity index (χ1) is 12.6. The molecule has 2 aromatic carbocycles. The van der Waals surface area contributed by atoms with Gasteiger partial charge >= 0.3 is 0 Å². The number of aryl methyl sites for hydroxylation is 1. The summed E-state index contributed by atoms with van der Waals surface area (Å²) in [6, 6.07) is 11.9. The highest BCUT2D eigenvalue weighted by Crippen LogP contribution is 2.30.